The van der Waals surface area contributed by atoms with E-state index in [1.165, 1.54) is 28.6 Å². The van der Waals surface area contributed by atoms with Crippen molar-refractivity contribution in [1.29, 1.82) is 0 Å². The predicted octanol–water partition coefficient (Wildman–Crippen LogP) is 5.30. The van der Waals surface area contributed by atoms with Gasteiger partial charge < -0.3 is 15.3 Å². The Morgan fingerprint density at radius 3 is 2.53 bits per heavy atom. The maximum atomic E-state index is 13.1. The van der Waals surface area contributed by atoms with Crippen LogP contribution in [0.4, 0.5) is 29.2 Å². The normalized spacial score (nSPS) is 18.2. The first-order chi connectivity index (χ1) is 13.8. The lowest BCUT2D eigenvalue weighted by Gasteiger charge is -2.21. The van der Waals surface area contributed by atoms with Crippen LogP contribution in [0.1, 0.15) is 55.9 Å². The van der Waals surface area contributed by atoms with Crippen molar-refractivity contribution >= 4 is 28.9 Å². The van der Waals surface area contributed by atoms with Crippen molar-refractivity contribution < 1.29 is 27.5 Å². The highest BCUT2D eigenvalue weighted by Crippen LogP contribution is 2.35. The standard InChI is InChI=1S/C10H14F2N2.C9H10F2N2O2S/c1-10(2,3)14-8-6-7(9(11)12)4-5-13-8;1-5-2-9(10,11)4-13(5)6-3-16-7(12-6)8(14)15/h4-6,9H,1-3H3,(H,13,14);3,5H,2,4H2,1H3,(H,14,15)/t;5-/m.0/s1. The van der Waals surface area contributed by atoms with E-state index in [4.69, 9.17) is 5.11 Å². The number of alkyl halides is 4. The second-order valence-electron chi connectivity index (χ2n) is 8.00. The molecule has 0 aliphatic carbocycles. The number of rotatable bonds is 4. The molecule has 3 rings (SSSR count). The number of hydrogen-bond acceptors (Lipinski definition) is 6. The summed E-state index contributed by atoms with van der Waals surface area (Å²) in [5.74, 6) is -3.04. The molecule has 0 saturated carbocycles. The molecule has 1 saturated heterocycles. The third-order valence-corrected chi connectivity index (χ3v) is 4.85. The third-order valence-electron chi connectivity index (χ3n) is 4.04. The molecule has 2 aromatic rings. The summed E-state index contributed by atoms with van der Waals surface area (Å²) in [5, 5.41) is 13.2. The summed E-state index contributed by atoms with van der Waals surface area (Å²) >= 11 is 0.949. The smallest absolute Gasteiger partial charge is 0.365 e. The van der Waals surface area contributed by atoms with E-state index in [1.807, 2.05) is 20.8 Å². The Balaban J connectivity index is 0.000000216. The van der Waals surface area contributed by atoms with Crippen molar-refractivity contribution in [2.75, 3.05) is 16.8 Å². The van der Waals surface area contributed by atoms with E-state index in [0.717, 1.165) is 11.3 Å². The van der Waals surface area contributed by atoms with Crippen LogP contribution in [0.5, 0.6) is 0 Å². The van der Waals surface area contributed by atoms with Crippen LogP contribution in [0, 0.1) is 0 Å². The second kappa shape index (κ2) is 9.15. The summed E-state index contributed by atoms with van der Waals surface area (Å²) in [6, 6.07) is 2.37. The van der Waals surface area contributed by atoms with Crippen molar-refractivity contribution in [2.24, 2.45) is 0 Å². The van der Waals surface area contributed by atoms with Gasteiger partial charge in [-0.3, -0.25) is 0 Å². The van der Waals surface area contributed by atoms with Gasteiger partial charge in [0.1, 0.15) is 11.6 Å². The van der Waals surface area contributed by atoms with Crippen molar-refractivity contribution in [2.45, 2.75) is 58.0 Å². The SMILES string of the molecule is CC(C)(C)Nc1cc(C(F)F)ccn1.C[C@H]1CC(F)(F)CN1c1csc(C(=O)O)n1. The Hall–Kier alpha value is -2.43. The van der Waals surface area contributed by atoms with Gasteiger partial charge in [0.25, 0.3) is 12.3 Å². The molecule has 0 amide bonds. The van der Waals surface area contributed by atoms with Crippen molar-refractivity contribution in [3.63, 3.8) is 0 Å². The van der Waals surface area contributed by atoms with Gasteiger partial charge >= 0.3 is 5.97 Å². The molecule has 1 aliphatic heterocycles. The van der Waals surface area contributed by atoms with Crippen LogP contribution in [-0.2, 0) is 0 Å². The largest absolute Gasteiger partial charge is 0.476 e. The highest BCUT2D eigenvalue weighted by molar-refractivity contribution is 7.11. The summed E-state index contributed by atoms with van der Waals surface area (Å²) in [6.07, 6.45) is -1.28. The summed E-state index contributed by atoms with van der Waals surface area (Å²) in [7, 11) is 0. The van der Waals surface area contributed by atoms with E-state index in [2.05, 4.69) is 15.3 Å². The van der Waals surface area contributed by atoms with Crippen LogP contribution in [0.3, 0.4) is 0 Å². The number of nitrogens with one attached hydrogen (secondary N) is 1. The van der Waals surface area contributed by atoms with Crippen LogP contribution in [-0.4, -0.2) is 45.1 Å². The Labute approximate surface area is 176 Å². The molecule has 2 N–H and O–H groups in total. The van der Waals surface area contributed by atoms with Gasteiger partial charge in [-0.25, -0.2) is 32.3 Å². The molecule has 1 aliphatic rings. The van der Waals surface area contributed by atoms with Crippen LogP contribution in [0.15, 0.2) is 23.7 Å². The van der Waals surface area contributed by atoms with Crippen LogP contribution in [0.2, 0.25) is 0 Å². The number of hydrogen-bond donors (Lipinski definition) is 2. The zero-order valence-corrected chi connectivity index (χ0v) is 17.8. The van der Waals surface area contributed by atoms with Crippen molar-refractivity contribution in [1.82, 2.24) is 9.97 Å². The number of pyridine rings is 1. The van der Waals surface area contributed by atoms with Gasteiger partial charge in [-0.2, -0.15) is 0 Å². The summed E-state index contributed by atoms with van der Waals surface area (Å²) in [5.41, 5.74) is -0.181. The van der Waals surface area contributed by atoms with E-state index in [0.29, 0.717) is 11.6 Å². The Morgan fingerprint density at radius 2 is 2.07 bits per heavy atom. The molecule has 1 atom stereocenters. The van der Waals surface area contributed by atoms with Gasteiger partial charge in [-0.05, 0) is 39.8 Å². The fourth-order valence-corrected chi connectivity index (χ4v) is 3.50. The molecule has 0 spiro atoms. The summed E-state index contributed by atoms with van der Waals surface area (Å²) in [6.45, 7) is 7.13. The molecule has 3 heterocycles. The first-order valence-electron chi connectivity index (χ1n) is 9.13. The monoisotopic (exact) mass is 448 g/mol. The minimum absolute atomic E-state index is 0.00764. The van der Waals surface area contributed by atoms with E-state index in [-0.39, 0.29) is 28.6 Å². The average Bonchev–Trinajstić information content (AvgIpc) is 3.18. The highest BCUT2D eigenvalue weighted by Gasteiger charge is 2.43. The minimum Gasteiger partial charge on any atom is -0.476 e. The van der Waals surface area contributed by atoms with Gasteiger partial charge in [0.2, 0.25) is 5.01 Å². The van der Waals surface area contributed by atoms with Gasteiger partial charge in [0.15, 0.2) is 0 Å². The number of halogens is 4. The third kappa shape index (κ3) is 6.82. The van der Waals surface area contributed by atoms with E-state index in [9.17, 15) is 22.4 Å². The van der Waals surface area contributed by atoms with E-state index < -0.39 is 24.9 Å². The lowest BCUT2D eigenvalue weighted by molar-refractivity contribution is 0.0229. The van der Waals surface area contributed by atoms with E-state index in [1.54, 1.807) is 6.92 Å². The zero-order valence-electron chi connectivity index (χ0n) is 17.0. The topological polar surface area (TPSA) is 78.4 Å². The molecule has 2 aromatic heterocycles. The number of anilines is 2. The number of aromatic nitrogens is 2. The quantitative estimate of drug-likeness (QED) is 0.618. The molecule has 30 heavy (non-hydrogen) atoms. The molecule has 0 aromatic carbocycles. The highest BCUT2D eigenvalue weighted by atomic mass is 32.1. The van der Waals surface area contributed by atoms with Gasteiger partial charge in [0.05, 0.1) is 6.54 Å². The Bertz CT molecular complexity index is 870. The molecule has 166 valence electrons. The number of aromatic carboxylic acids is 1. The number of nitrogens with zero attached hydrogens (tertiary/aromatic N) is 3. The van der Waals surface area contributed by atoms with Crippen molar-refractivity contribution in [3.8, 4) is 0 Å². The zero-order chi connectivity index (χ0) is 22.7. The van der Waals surface area contributed by atoms with E-state index >= 15 is 0 Å². The summed E-state index contributed by atoms with van der Waals surface area (Å²) < 4.78 is 50.9. The molecule has 0 unspecified atom stereocenters. The van der Waals surface area contributed by atoms with Crippen LogP contribution >= 0.6 is 11.3 Å². The Morgan fingerprint density at radius 1 is 1.40 bits per heavy atom. The lowest BCUT2D eigenvalue weighted by atomic mass is 10.1. The molecular weight excluding hydrogens is 424 g/mol. The molecular formula is C19H24F4N4O2S. The molecule has 0 radical (unpaired) electrons. The number of carboxylic acid groups (broad SMARTS) is 1. The maximum Gasteiger partial charge on any atom is 0.365 e. The molecule has 6 nitrogen and oxygen atoms in total. The maximum absolute atomic E-state index is 13.1. The number of thiazole rings is 1. The second-order valence-corrected chi connectivity index (χ2v) is 8.86. The number of carbonyl (C=O) groups is 1. The van der Waals surface area contributed by atoms with Gasteiger partial charge in [0, 0.05) is 35.1 Å². The molecule has 0 bridgehead atoms. The fourth-order valence-electron chi connectivity index (χ4n) is 2.85. The van der Waals surface area contributed by atoms with Gasteiger partial charge in [-0.1, -0.05) is 0 Å². The predicted molar refractivity (Wildman–Crippen MR) is 108 cm³/mol. The number of carboxylic acids is 1. The molecule has 1 fully saturated rings. The summed E-state index contributed by atoms with van der Waals surface area (Å²) in [4.78, 5) is 19.8. The van der Waals surface area contributed by atoms with Crippen molar-refractivity contribution in [3.05, 3.63) is 34.3 Å². The van der Waals surface area contributed by atoms with Crippen LogP contribution in [0.25, 0.3) is 0 Å². The molecule has 11 heteroatoms. The minimum atomic E-state index is -2.72. The Kier molecular flexibility index (Phi) is 7.27. The van der Waals surface area contributed by atoms with Gasteiger partial charge in [-0.15, -0.1) is 11.3 Å². The van der Waals surface area contributed by atoms with Crippen LogP contribution < -0.4 is 10.2 Å². The lowest BCUT2D eigenvalue weighted by Crippen LogP contribution is -2.28. The average molecular weight is 448 g/mol. The first kappa shape index (κ1) is 23.8. The fraction of sp³-hybridized carbons (Fsp3) is 0.526. The first-order valence-corrected chi connectivity index (χ1v) is 10.0.